The van der Waals surface area contributed by atoms with Crippen molar-refractivity contribution in [3.8, 4) is 0 Å². The monoisotopic (exact) mass is 342 g/mol. The van der Waals surface area contributed by atoms with Gasteiger partial charge >= 0.3 is 0 Å². The van der Waals surface area contributed by atoms with Gasteiger partial charge in [-0.1, -0.05) is 60.7 Å². The van der Waals surface area contributed by atoms with E-state index in [1.807, 2.05) is 43.1 Å². The number of amides is 1. The number of hydrogen-bond donors (Lipinski definition) is 1. The maximum Gasteiger partial charge on any atom is 0.256 e. The summed E-state index contributed by atoms with van der Waals surface area (Å²) in [6.45, 7) is 2.65. The molecule has 0 aliphatic heterocycles. The number of fused-ring (bicyclic) bond motifs is 2. The Labute approximate surface area is 153 Å². The predicted octanol–water partition coefficient (Wildman–Crippen LogP) is 4.94. The first-order valence-corrected chi connectivity index (χ1v) is 8.94. The zero-order valence-electron chi connectivity index (χ0n) is 15.1. The molecule has 130 valence electrons. The van der Waals surface area contributed by atoms with E-state index in [1.54, 1.807) is 0 Å². The highest BCUT2D eigenvalue weighted by Crippen LogP contribution is 2.24. The van der Waals surface area contributed by atoms with Crippen molar-refractivity contribution in [1.82, 2.24) is 9.88 Å². The first-order chi connectivity index (χ1) is 12.6. The molecule has 0 aliphatic rings. The molecule has 0 unspecified atom stereocenters. The van der Waals surface area contributed by atoms with E-state index >= 15 is 0 Å². The largest absolute Gasteiger partial charge is 0.358 e. The highest BCUT2D eigenvalue weighted by atomic mass is 16.2. The number of benzene rings is 3. The summed E-state index contributed by atoms with van der Waals surface area (Å²) in [7, 11) is 1.88. The van der Waals surface area contributed by atoms with Crippen LogP contribution in [0.15, 0.2) is 66.7 Å². The lowest BCUT2D eigenvalue weighted by molar-refractivity contribution is 0.0798. The first-order valence-electron chi connectivity index (χ1n) is 8.94. The third-order valence-corrected chi connectivity index (χ3v) is 5.05. The van der Waals surface area contributed by atoms with Crippen LogP contribution in [0.5, 0.6) is 0 Å². The van der Waals surface area contributed by atoms with Crippen molar-refractivity contribution in [3.63, 3.8) is 0 Å². The van der Waals surface area contributed by atoms with Gasteiger partial charge in [0.2, 0.25) is 0 Å². The van der Waals surface area contributed by atoms with E-state index in [9.17, 15) is 4.79 Å². The van der Waals surface area contributed by atoms with Crippen LogP contribution in [0, 0.1) is 6.92 Å². The van der Waals surface area contributed by atoms with Crippen LogP contribution in [0.25, 0.3) is 21.7 Å². The van der Waals surface area contributed by atoms with Crippen LogP contribution in [-0.2, 0) is 6.42 Å². The molecular weight excluding hydrogens is 320 g/mol. The summed E-state index contributed by atoms with van der Waals surface area (Å²) < 4.78 is 0. The quantitative estimate of drug-likeness (QED) is 0.560. The second-order valence-corrected chi connectivity index (χ2v) is 6.79. The number of nitrogens with one attached hydrogen (secondary N) is 1. The highest BCUT2D eigenvalue weighted by Gasteiger charge is 2.19. The Hall–Kier alpha value is -3.07. The Morgan fingerprint density at radius 1 is 0.923 bits per heavy atom. The molecule has 26 heavy (non-hydrogen) atoms. The fraction of sp³-hybridized carbons (Fsp3) is 0.174. The molecule has 3 nitrogen and oxygen atoms in total. The molecule has 0 radical (unpaired) electrons. The molecule has 3 aromatic carbocycles. The zero-order valence-corrected chi connectivity index (χ0v) is 15.1. The minimum absolute atomic E-state index is 0.0696. The standard InChI is InChI=1S/C23H22N2O/c1-16-22(20-12-5-6-13-21(20)24-16)23(26)25(2)15-14-18-10-7-9-17-8-3-4-11-19(17)18/h3-13,24H,14-15H2,1-2H3. The molecular formula is C23H22N2O. The lowest BCUT2D eigenvalue weighted by Crippen LogP contribution is -2.29. The van der Waals surface area contributed by atoms with E-state index in [1.165, 1.54) is 16.3 Å². The van der Waals surface area contributed by atoms with E-state index < -0.39 is 0 Å². The van der Waals surface area contributed by atoms with Crippen molar-refractivity contribution in [2.75, 3.05) is 13.6 Å². The molecule has 4 aromatic rings. The van der Waals surface area contributed by atoms with E-state index in [-0.39, 0.29) is 5.91 Å². The van der Waals surface area contributed by atoms with Crippen molar-refractivity contribution in [2.45, 2.75) is 13.3 Å². The smallest absolute Gasteiger partial charge is 0.256 e. The molecule has 0 fully saturated rings. The van der Waals surface area contributed by atoms with Gasteiger partial charge in [0.1, 0.15) is 0 Å². The van der Waals surface area contributed by atoms with Crippen molar-refractivity contribution >= 4 is 27.6 Å². The number of para-hydroxylation sites is 1. The van der Waals surface area contributed by atoms with Crippen molar-refractivity contribution in [2.24, 2.45) is 0 Å². The number of nitrogens with zero attached hydrogens (tertiary/aromatic N) is 1. The Balaban J connectivity index is 1.57. The molecule has 0 spiro atoms. The number of rotatable bonds is 4. The summed E-state index contributed by atoms with van der Waals surface area (Å²) >= 11 is 0. The molecule has 0 bridgehead atoms. The zero-order chi connectivity index (χ0) is 18.1. The Kier molecular flexibility index (Phi) is 4.21. The lowest BCUT2D eigenvalue weighted by Gasteiger charge is -2.18. The van der Waals surface area contributed by atoms with Crippen LogP contribution in [0.4, 0.5) is 0 Å². The number of aromatic amines is 1. The van der Waals surface area contributed by atoms with Gasteiger partial charge < -0.3 is 9.88 Å². The van der Waals surface area contributed by atoms with Gasteiger partial charge in [-0.15, -0.1) is 0 Å². The van der Waals surface area contributed by atoms with Gasteiger partial charge in [-0.25, -0.2) is 0 Å². The van der Waals surface area contributed by atoms with Gasteiger partial charge in [0, 0.05) is 30.2 Å². The summed E-state index contributed by atoms with van der Waals surface area (Å²) in [6.07, 6.45) is 0.838. The van der Waals surface area contributed by atoms with Crippen LogP contribution >= 0.6 is 0 Å². The van der Waals surface area contributed by atoms with Gasteiger partial charge in [-0.3, -0.25) is 4.79 Å². The normalized spacial score (nSPS) is 11.2. The number of hydrogen-bond acceptors (Lipinski definition) is 1. The number of aryl methyl sites for hydroxylation is 1. The Morgan fingerprint density at radius 3 is 2.46 bits per heavy atom. The SMILES string of the molecule is Cc1[nH]c2ccccc2c1C(=O)N(C)CCc1cccc2ccccc12. The summed E-state index contributed by atoms with van der Waals surface area (Å²) in [5.74, 6) is 0.0696. The van der Waals surface area contributed by atoms with Crippen LogP contribution in [0.1, 0.15) is 21.6 Å². The van der Waals surface area contributed by atoms with Crippen LogP contribution in [0.3, 0.4) is 0 Å². The van der Waals surface area contributed by atoms with E-state index in [0.29, 0.717) is 6.54 Å². The molecule has 0 saturated carbocycles. The third-order valence-electron chi connectivity index (χ3n) is 5.05. The molecule has 1 heterocycles. The second-order valence-electron chi connectivity index (χ2n) is 6.79. The highest BCUT2D eigenvalue weighted by molar-refractivity contribution is 6.08. The number of H-pyrrole nitrogens is 1. The number of carbonyl (C=O) groups excluding carboxylic acids is 1. The molecule has 1 N–H and O–H groups in total. The third kappa shape index (κ3) is 2.86. The molecule has 4 rings (SSSR count). The molecule has 0 saturated heterocycles. The second kappa shape index (κ2) is 6.68. The predicted molar refractivity (Wildman–Crippen MR) is 108 cm³/mol. The Morgan fingerprint density at radius 2 is 1.62 bits per heavy atom. The van der Waals surface area contributed by atoms with E-state index in [2.05, 4.69) is 47.4 Å². The molecule has 0 aliphatic carbocycles. The average molecular weight is 342 g/mol. The molecule has 1 aromatic heterocycles. The summed E-state index contributed by atoms with van der Waals surface area (Å²) in [5.41, 5.74) is 3.99. The summed E-state index contributed by atoms with van der Waals surface area (Å²) in [6, 6.07) is 22.7. The number of carbonyl (C=O) groups is 1. The van der Waals surface area contributed by atoms with E-state index in [4.69, 9.17) is 0 Å². The van der Waals surface area contributed by atoms with E-state index in [0.717, 1.165) is 28.6 Å². The maximum atomic E-state index is 13.0. The fourth-order valence-electron chi connectivity index (χ4n) is 3.64. The van der Waals surface area contributed by atoms with Crippen LogP contribution in [0.2, 0.25) is 0 Å². The molecule has 3 heteroatoms. The minimum atomic E-state index is 0.0696. The maximum absolute atomic E-state index is 13.0. The van der Waals surface area contributed by atoms with Gasteiger partial charge in [0.15, 0.2) is 0 Å². The number of likely N-dealkylation sites (N-methyl/N-ethyl adjacent to an activating group) is 1. The fourth-order valence-corrected chi connectivity index (χ4v) is 3.64. The lowest BCUT2D eigenvalue weighted by atomic mass is 10.0. The average Bonchev–Trinajstić information content (AvgIpc) is 3.01. The molecule has 1 amide bonds. The topological polar surface area (TPSA) is 36.1 Å². The van der Waals surface area contributed by atoms with Gasteiger partial charge in [0.25, 0.3) is 5.91 Å². The minimum Gasteiger partial charge on any atom is -0.358 e. The van der Waals surface area contributed by atoms with Gasteiger partial charge in [-0.05, 0) is 35.7 Å². The van der Waals surface area contributed by atoms with Crippen LogP contribution in [-0.4, -0.2) is 29.4 Å². The van der Waals surface area contributed by atoms with Crippen molar-refractivity contribution in [1.29, 1.82) is 0 Å². The van der Waals surface area contributed by atoms with Crippen molar-refractivity contribution in [3.05, 3.63) is 83.6 Å². The first kappa shape index (κ1) is 16.4. The van der Waals surface area contributed by atoms with Crippen LogP contribution < -0.4 is 0 Å². The summed E-state index contributed by atoms with van der Waals surface area (Å²) in [5, 5.41) is 3.50. The van der Waals surface area contributed by atoms with Gasteiger partial charge in [0.05, 0.1) is 5.56 Å². The van der Waals surface area contributed by atoms with Crippen molar-refractivity contribution < 1.29 is 4.79 Å². The summed E-state index contributed by atoms with van der Waals surface area (Å²) in [4.78, 5) is 18.2. The van der Waals surface area contributed by atoms with Gasteiger partial charge in [-0.2, -0.15) is 0 Å². The molecule has 0 atom stereocenters. The number of aromatic nitrogens is 1. The Bertz CT molecular complexity index is 1090.